The Kier molecular flexibility index (Phi) is 4.11. The highest BCUT2D eigenvalue weighted by Gasteiger charge is 2.14. The van der Waals surface area contributed by atoms with E-state index in [9.17, 15) is 10.2 Å². The van der Waals surface area contributed by atoms with Crippen molar-refractivity contribution in [2.24, 2.45) is 0 Å². The maximum absolute atomic E-state index is 9.68. The molecule has 0 radical (unpaired) electrons. The van der Waals surface area contributed by atoms with Gasteiger partial charge in [0.05, 0.1) is 0 Å². The van der Waals surface area contributed by atoms with E-state index in [1.165, 1.54) is 6.08 Å². The van der Waals surface area contributed by atoms with Crippen molar-refractivity contribution >= 4 is 0 Å². The first-order chi connectivity index (χ1) is 6.75. The molecule has 1 aromatic rings. The molecule has 2 heteroatoms. The quantitative estimate of drug-likeness (QED) is 0.711. The highest BCUT2D eigenvalue weighted by atomic mass is 16.3. The monoisotopic (exact) mass is 190 g/mol. The van der Waals surface area contributed by atoms with Gasteiger partial charge < -0.3 is 10.2 Å². The van der Waals surface area contributed by atoms with Gasteiger partial charge in [-0.1, -0.05) is 55.1 Å². The third-order valence-corrected chi connectivity index (χ3v) is 1.91. The number of hydrogen-bond acceptors (Lipinski definition) is 2. The Bertz CT molecular complexity index is 303. The summed E-state index contributed by atoms with van der Waals surface area (Å²) in [5.41, 5.74) is 0.703. The van der Waals surface area contributed by atoms with Crippen LogP contribution in [0.4, 0.5) is 0 Å². The second-order valence-corrected chi connectivity index (χ2v) is 2.97. The molecule has 2 nitrogen and oxygen atoms in total. The lowest BCUT2D eigenvalue weighted by Gasteiger charge is -2.14. The van der Waals surface area contributed by atoms with E-state index in [4.69, 9.17) is 0 Å². The van der Waals surface area contributed by atoms with E-state index < -0.39 is 12.2 Å². The minimum Gasteiger partial charge on any atom is -0.386 e. The van der Waals surface area contributed by atoms with Crippen LogP contribution in [0.25, 0.3) is 0 Å². The molecular weight excluding hydrogens is 176 g/mol. The predicted octanol–water partition coefficient (Wildman–Crippen LogP) is 1.82. The number of hydrogen-bond donors (Lipinski definition) is 2. The fourth-order valence-electron chi connectivity index (χ4n) is 1.15. The minimum absolute atomic E-state index is 0.703. The molecule has 0 heterocycles. The van der Waals surface area contributed by atoms with Crippen molar-refractivity contribution in [3.8, 4) is 0 Å². The molecule has 1 aromatic carbocycles. The Balaban J connectivity index is 2.70. The Hall–Kier alpha value is -1.38. The molecule has 0 saturated heterocycles. The Labute approximate surface area is 83.8 Å². The minimum atomic E-state index is -0.893. The zero-order valence-electron chi connectivity index (χ0n) is 7.88. The summed E-state index contributed by atoms with van der Waals surface area (Å²) in [5.74, 6) is 0. The van der Waals surface area contributed by atoms with Gasteiger partial charge in [-0.3, -0.25) is 0 Å². The average molecular weight is 190 g/mol. The van der Waals surface area contributed by atoms with E-state index in [1.54, 1.807) is 24.3 Å². The average Bonchev–Trinajstić information content (AvgIpc) is 2.26. The van der Waals surface area contributed by atoms with Gasteiger partial charge in [-0.25, -0.2) is 0 Å². The molecule has 0 amide bonds. The number of rotatable bonds is 4. The number of benzene rings is 1. The van der Waals surface area contributed by atoms with E-state index in [1.807, 2.05) is 18.2 Å². The molecule has 0 fully saturated rings. The maximum atomic E-state index is 9.68. The molecule has 0 unspecified atom stereocenters. The van der Waals surface area contributed by atoms with Crippen LogP contribution in [0, 0.1) is 0 Å². The predicted molar refractivity (Wildman–Crippen MR) is 56.7 cm³/mol. The standard InChI is InChI=1S/C12H14O2/c1-2-3-9-11(13)12(14)10-7-5-4-6-8-10/h2-9,11-14H,1H2/b9-3+/t11-,12-/m0/s1. The molecule has 2 atom stereocenters. The zero-order valence-corrected chi connectivity index (χ0v) is 7.88. The number of aliphatic hydroxyl groups excluding tert-OH is 2. The summed E-state index contributed by atoms with van der Waals surface area (Å²) in [6, 6.07) is 9.05. The molecule has 0 bridgehead atoms. The van der Waals surface area contributed by atoms with E-state index in [0.717, 1.165) is 0 Å². The van der Waals surface area contributed by atoms with Crippen molar-refractivity contribution < 1.29 is 10.2 Å². The van der Waals surface area contributed by atoms with Gasteiger partial charge in [-0.15, -0.1) is 0 Å². The van der Waals surface area contributed by atoms with Gasteiger partial charge in [0.1, 0.15) is 12.2 Å². The molecule has 1 rings (SSSR count). The van der Waals surface area contributed by atoms with Gasteiger partial charge in [0.15, 0.2) is 0 Å². The SMILES string of the molecule is C=C/C=C/[C@H](O)[C@@H](O)c1ccccc1. The van der Waals surface area contributed by atoms with Gasteiger partial charge in [0.2, 0.25) is 0 Å². The Morgan fingerprint density at radius 3 is 2.36 bits per heavy atom. The Morgan fingerprint density at radius 2 is 1.79 bits per heavy atom. The van der Waals surface area contributed by atoms with Gasteiger partial charge in [0, 0.05) is 0 Å². The summed E-state index contributed by atoms with van der Waals surface area (Å²) in [6.07, 6.45) is 2.89. The van der Waals surface area contributed by atoms with Crippen molar-refractivity contribution in [2.75, 3.05) is 0 Å². The van der Waals surface area contributed by atoms with E-state index >= 15 is 0 Å². The fraction of sp³-hybridized carbons (Fsp3) is 0.167. The van der Waals surface area contributed by atoms with Crippen LogP contribution in [0.15, 0.2) is 55.1 Å². The molecule has 74 valence electrons. The van der Waals surface area contributed by atoms with Crippen molar-refractivity contribution in [2.45, 2.75) is 12.2 Å². The van der Waals surface area contributed by atoms with Crippen LogP contribution < -0.4 is 0 Å². The van der Waals surface area contributed by atoms with Crippen molar-refractivity contribution in [3.05, 3.63) is 60.7 Å². The normalized spacial score (nSPS) is 15.3. The van der Waals surface area contributed by atoms with Crippen LogP contribution in [0.3, 0.4) is 0 Å². The molecule has 2 N–H and O–H groups in total. The lowest BCUT2D eigenvalue weighted by atomic mass is 10.0. The molecule has 0 saturated carbocycles. The third kappa shape index (κ3) is 2.83. The highest BCUT2D eigenvalue weighted by molar-refractivity contribution is 5.20. The first kappa shape index (κ1) is 10.7. The van der Waals surface area contributed by atoms with Crippen molar-refractivity contribution in [1.82, 2.24) is 0 Å². The van der Waals surface area contributed by atoms with Gasteiger partial charge >= 0.3 is 0 Å². The molecular formula is C12H14O2. The largest absolute Gasteiger partial charge is 0.386 e. The second-order valence-electron chi connectivity index (χ2n) is 2.97. The zero-order chi connectivity index (χ0) is 10.4. The number of aliphatic hydroxyl groups is 2. The lowest BCUT2D eigenvalue weighted by Crippen LogP contribution is -2.15. The number of allylic oxidation sites excluding steroid dienone is 2. The van der Waals surface area contributed by atoms with Crippen molar-refractivity contribution in [1.29, 1.82) is 0 Å². The summed E-state index contributed by atoms with van der Waals surface area (Å²) < 4.78 is 0. The summed E-state index contributed by atoms with van der Waals surface area (Å²) in [4.78, 5) is 0. The van der Waals surface area contributed by atoms with Gasteiger partial charge in [-0.05, 0) is 5.56 Å². The topological polar surface area (TPSA) is 40.5 Å². The summed E-state index contributed by atoms with van der Waals surface area (Å²) in [7, 11) is 0. The van der Waals surface area contributed by atoms with Crippen LogP contribution in [-0.2, 0) is 0 Å². The smallest absolute Gasteiger partial charge is 0.108 e. The van der Waals surface area contributed by atoms with E-state index in [-0.39, 0.29) is 0 Å². The van der Waals surface area contributed by atoms with E-state index in [2.05, 4.69) is 6.58 Å². The molecule has 0 aliphatic heterocycles. The third-order valence-electron chi connectivity index (χ3n) is 1.91. The highest BCUT2D eigenvalue weighted by Crippen LogP contribution is 2.16. The summed E-state index contributed by atoms with van der Waals surface area (Å²) in [5, 5.41) is 19.2. The second kappa shape index (κ2) is 5.37. The molecule has 0 aliphatic carbocycles. The van der Waals surface area contributed by atoms with E-state index in [0.29, 0.717) is 5.56 Å². The lowest BCUT2D eigenvalue weighted by molar-refractivity contribution is 0.0483. The summed E-state index contributed by atoms with van der Waals surface area (Å²) >= 11 is 0. The van der Waals surface area contributed by atoms with Gasteiger partial charge in [-0.2, -0.15) is 0 Å². The fourth-order valence-corrected chi connectivity index (χ4v) is 1.15. The summed E-state index contributed by atoms with van der Waals surface area (Å²) in [6.45, 7) is 3.49. The van der Waals surface area contributed by atoms with Gasteiger partial charge in [0.25, 0.3) is 0 Å². The van der Waals surface area contributed by atoms with Crippen molar-refractivity contribution in [3.63, 3.8) is 0 Å². The van der Waals surface area contributed by atoms with Crippen LogP contribution in [-0.4, -0.2) is 16.3 Å². The molecule has 0 spiro atoms. The first-order valence-corrected chi connectivity index (χ1v) is 4.46. The first-order valence-electron chi connectivity index (χ1n) is 4.46. The van der Waals surface area contributed by atoms with Crippen LogP contribution in [0.5, 0.6) is 0 Å². The van der Waals surface area contributed by atoms with Crippen LogP contribution >= 0.6 is 0 Å². The Morgan fingerprint density at radius 1 is 1.14 bits per heavy atom. The maximum Gasteiger partial charge on any atom is 0.108 e. The molecule has 0 aliphatic rings. The molecule has 14 heavy (non-hydrogen) atoms. The molecule has 0 aromatic heterocycles. The van der Waals surface area contributed by atoms with Crippen LogP contribution in [0.2, 0.25) is 0 Å². The van der Waals surface area contributed by atoms with Crippen LogP contribution in [0.1, 0.15) is 11.7 Å².